The molecule has 0 aliphatic carbocycles. The van der Waals surface area contributed by atoms with Crippen LogP contribution < -0.4 is 11.1 Å². The number of amides is 1. The van der Waals surface area contributed by atoms with Gasteiger partial charge in [-0.2, -0.15) is 0 Å². The van der Waals surface area contributed by atoms with E-state index in [9.17, 15) is 9.18 Å². The third kappa shape index (κ3) is 3.14. The average Bonchev–Trinajstić information content (AvgIpc) is 2.39. The number of rotatable bonds is 3. The Morgan fingerprint density at radius 3 is 2.68 bits per heavy atom. The minimum Gasteiger partial charge on any atom is -0.324 e. The maximum atomic E-state index is 12.7. The fraction of sp³-hybridized carbons (Fsp3) is 0.143. The number of aromatic nitrogens is 1. The van der Waals surface area contributed by atoms with Crippen molar-refractivity contribution in [3.8, 4) is 0 Å². The van der Waals surface area contributed by atoms with Crippen LogP contribution in [0, 0.1) is 5.82 Å². The van der Waals surface area contributed by atoms with Crippen molar-refractivity contribution in [1.82, 2.24) is 4.98 Å². The first kappa shape index (κ1) is 13.2. The Balaban J connectivity index is 2.22. The van der Waals surface area contributed by atoms with Crippen LogP contribution in [0.3, 0.4) is 0 Å². The fourth-order valence-corrected chi connectivity index (χ4v) is 1.70. The molecular formula is C14H14FN3O. The summed E-state index contributed by atoms with van der Waals surface area (Å²) < 4.78 is 12.7. The van der Waals surface area contributed by atoms with E-state index in [1.165, 1.54) is 12.1 Å². The van der Waals surface area contributed by atoms with E-state index in [1.807, 2.05) is 19.1 Å². The number of carbonyl (C=O) groups is 1. The molecule has 0 aliphatic rings. The summed E-state index contributed by atoms with van der Waals surface area (Å²) in [5.74, 6) is -0.874. The second-order valence-electron chi connectivity index (χ2n) is 4.19. The number of carbonyl (C=O) groups excluding carboxylic acids is 1. The van der Waals surface area contributed by atoms with Gasteiger partial charge in [-0.15, -0.1) is 0 Å². The second-order valence-corrected chi connectivity index (χ2v) is 4.19. The number of nitrogens with zero attached hydrogens (tertiary/aromatic N) is 1. The number of nitrogens with one attached hydrogen (secondary N) is 1. The Labute approximate surface area is 110 Å². The number of pyridine rings is 1. The molecule has 98 valence electrons. The SMILES string of the molecule is CC(N)c1ccccc1NC(=O)c1ccc(F)cn1. The Morgan fingerprint density at radius 2 is 2.05 bits per heavy atom. The molecule has 1 unspecified atom stereocenters. The van der Waals surface area contributed by atoms with E-state index in [0.717, 1.165) is 11.8 Å². The van der Waals surface area contributed by atoms with E-state index in [2.05, 4.69) is 10.3 Å². The van der Waals surface area contributed by atoms with Gasteiger partial charge in [0.2, 0.25) is 0 Å². The number of benzene rings is 1. The second kappa shape index (κ2) is 5.58. The summed E-state index contributed by atoms with van der Waals surface area (Å²) in [7, 11) is 0. The minimum atomic E-state index is -0.479. The van der Waals surface area contributed by atoms with E-state index >= 15 is 0 Å². The first-order valence-corrected chi connectivity index (χ1v) is 5.85. The van der Waals surface area contributed by atoms with Crippen molar-refractivity contribution >= 4 is 11.6 Å². The molecule has 3 N–H and O–H groups in total. The molecule has 1 aromatic heterocycles. The van der Waals surface area contributed by atoms with E-state index < -0.39 is 11.7 Å². The molecule has 0 bridgehead atoms. The molecule has 5 heteroatoms. The van der Waals surface area contributed by atoms with Crippen LogP contribution in [-0.2, 0) is 0 Å². The van der Waals surface area contributed by atoms with Gasteiger partial charge < -0.3 is 11.1 Å². The first-order valence-electron chi connectivity index (χ1n) is 5.85. The summed E-state index contributed by atoms with van der Waals surface area (Å²) >= 11 is 0. The van der Waals surface area contributed by atoms with Crippen LogP contribution in [0.4, 0.5) is 10.1 Å². The number of anilines is 1. The van der Waals surface area contributed by atoms with Crippen LogP contribution in [0.2, 0.25) is 0 Å². The Bertz CT molecular complexity index is 581. The molecule has 4 nitrogen and oxygen atoms in total. The highest BCUT2D eigenvalue weighted by molar-refractivity contribution is 6.03. The van der Waals surface area contributed by atoms with Gasteiger partial charge in [-0.05, 0) is 30.7 Å². The van der Waals surface area contributed by atoms with E-state index in [1.54, 1.807) is 12.1 Å². The van der Waals surface area contributed by atoms with E-state index in [0.29, 0.717) is 5.69 Å². The van der Waals surface area contributed by atoms with Crippen molar-refractivity contribution in [2.75, 3.05) is 5.32 Å². The van der Waals surface area contributed by atoms with Crippen molar-refractivity contribution in [1.29, 1.82) is 0 Å². The molecule has 0 fully saturated rings. The zero-order chi connectivity index (χ0) is 13.8. The van der Waals surface area contributed by atoms with Gasteiger partial charge in [0.1, 0.15) is 11.5 Å². The molecule has 0 saturated heterocycles. The van der Waals surface area contributed by atoms with Crippen molar-refractivity contribution in [2.45, 2.75) is 13.0 Å². The van der Waals surface area contributed by atoms with Crippen LogP contribution in [0.25, 0.3) is 0 Å². The monoisotopic (exact) mass is 259 g/mol. The van der Waals surface area contributed by atoms with E-state index in [-0.39, 0.29) is 11.7 Å². The highest BCUT2D eigenvalue weighted by atomic mass is 19.1. The highest BCUT2D eigenvalue weighted by Gasteiger charge is 2.11. The molecule has 19 heavy (non-hydrogen) atoms. The van der Waals surface area contributed by atoms with Crippen LogP contribution in [0.1, 0.15) is 29.0 Å². The number of nitrogens with two attached hydrogens (primary N) is 1. The van der Waals surface area contributed by atoms with Crippen LogP contribution in [0.15, 0.2) is 42.6 Å². The lowest BCUT2D eigenvalue weighted by molar-refractivity contribution is 0.102. The van der Waals surface area contributed by atoms with Crippen LogP contribution in [-0.4, -0.2) is 10.9 Å². The number of hydrogen-bond acceptors (Lipinski definition) is 3. The lowest BCUT2D eigenvalue weighted by atomic mass is 10.1. The Morgan fingerprint density at radius 1 is 1.32 bits per heavy atom. The summed E-state index contributed by atoms with van der Waals surface area (Å²) in [6.45, 7) is 1.83. The zero-order valence-corrected chi connectivity index (χ0v) is 10.4. The highest BCUT2D eigenvalue weighted by Crippen LogP contribution is 2.21. The van der Waals surface area contributed by atoms with Gasteiger partial charge >= 0.3 is 0 Å². The summed E-state index contributed by atoms with van der Waals surface area (Å²) in [5.41, 5.74) is 7.45. The van der Waals surface area contributed by atoms with Crippen LogP contribution in [0.5, 0.6) is 0 Å². The van der Waals surface area contributed by atoms with Crippen molar-refractivity contribution < 1.29 is 9.18 Å². The Kier molecular flexibility index (Phi) is 3.87. The normalized spacial score (nSPS) is 11.9. The third-order valence-electron chi connectivity index (χ3n) is 2.66. The average molecular weight is 259 g/mol. The first-order chi connectivity index (χ1) is 9.08. The molecule has 0 radical (unpaired) electrons. The van der Waals surface area contributed by atoms with Gasteiger partial charge in [0.25, 0.3) is 5.91 Å². The molecule has 2 rings (SSSR count). The molecule has 1 heterocycles. The molecule has 1 aromatic carbocycles. The predicted octanol–water partition coefficient (Wildman–Crippen LogP) is 2.49. The quantitative estimate of drug-likeness (QED) is 0.889. The van der Waals surface area contributed by atoms with Gasteiger partial charge in [0.05, 0.1) is 6.20 Å². The molecule has 0 saturated carbocycles. The topological polar surface area (TPSA) is 68.0 Å². The van der Waals surface area contributed by atoms with Crippen molar-refractivity contribution in [2.24, 2.45) is 5.73 Å². The van der Waals surface area contributed by atoms with Gasteiger partial charge in [-0.3, -0.25) is 4.79 Å². The molecule has 0 aliphatic heterocycles. The summed E-state index contributed by atoms with van der Waals surface area (Å²) in [4.78, 5) is 15.7. The van der Waals surface area contributed by atoms with Gasteiger partial charge in [-0.1, -0.05) is 18.2 Å². The van der Waals surface area contributed by atoms with Crippen molar-refractivity contribution in [3.05, 3.63) is 59.7 Å². The van der Waals surface area contributed by atoms with E-state index in [4.69, 9.17) is 5.73 Å². The molecule has 0 spiro atoms. The maximum absolute atomic E-state index is 12.7. The minimum absolute atomic E-state index is 0.154. The summed E-state index contributed by atoms with van der Waals surface area (Å²) in [5, 5.41) is 2.72. The van der Waals surface area contributed by atoms with Gasteiger partial charge in [0, 0.05) is 11.7 Å². The number of halogens is 1. The zero-order valence-electron chi connectivity index (χ0n) is 10.4. The molecule has 2 aromatic rings. The van der Waals surface area contributed by atoms with Crippen LogP contribution >= 0.6 is 0 Å². The molecule has 1 atom stereocenters. The lowest BCUT2D eigenvalue weighted by Gasteiger charge is -2.13. The largest absolute Gasteiger partial charge is 0.324 e. The third-order valence-corrected chi connectivity index (χ3v) is 2.66. The maximum Gasteiger partial charge on any atom is 0.274 e. The Hall–Kier alpha value is -2.27. The summed E-state index contributed by atoms with van der Waals surface area (Å²) in [6.07, 6.45) is 1.01. The summed E-state index contributed by atoms with van der Waals surface area (Å²) in [6, 6.07) is 9.60. The molecule has 1 amide bonds. The molecular weight excluding hydrogens is 245 g/mol. The van der Waals surface area contributed by atoms with Gasteiger partial charge in [-0.25, -0.2) is 9.37 Å². The fourth-order valence-electron chi connectivity index (χ4n) is 1.70. The van der Waals surface area contributed by atoms with Crippen molar-refractivity contribution in [3.63, 3.8) is 0 Å². The number of hydrogen-bond donors (Lipinski definition) is 2. The standard InChI is InChI=1S/C14H14FN3O/c1-9(16)11-4-2-3-5-12(11)18-14(19)13-7-6-10(15)8-17-13/h2-9H,16H2,1H3,(H,18,19). The predicted molar refractivity (Wildman–Crippen MR) is 71.2 cm³/mol. The lowest BCUT2D eigenvalue weighted by Crippen LogP contribution is -2.17. The number of para-hydroxylation sites is 1. The smallest absolute Gasteiger partial charge is 0.274 e. The van der Waals surface area contributed by atoms with Gasteiger partial charge in [0.15, 0.2) is 0 Å².